The molecule has 3 aromatic carbocycles. The number of para-hydroxylation sites is 1. The van der Waals surface area contributed by atoms with Crippen LogP contribution in [0.25, 0.3) is 32.9 Å². The SMILES string of the molecule is C[n+]1c(-c2cc(Cl)cc(Cl)c2)c2cc(N)ccc2c2ccccc21. The number of pyridine rings is 1. The van der Waals surface area contributed by atoms with Gasteiger partial charge in [-0.05, 0) is 36.4 Å². The molecule has 0 aliphatic carbocycles. The number of nitrogens with zero attached hydrogens (tertiary/aromatic N) is 1. The molecule has 4 aromatic rings. The molecule has 0 radical (unpaired) electrons. The van der Waals surface area contributed by atoms with Crippen molar-refractivity contribution in [2.24, 2.45) is 7.05 Å². The number of hydrogen-bond acceptors (Lipinski definition) is 1. The Bertz CT molecular complexity index is 1080. The van der Waals surface area contributed by atoms with Gasteiger partial charge in [0.2, 0.25) is 11.2 Å². The van der Waals surface area contributed by atoms with Crippen LogP contribution in [0, 0.1) is 0 Å². The van der Waals surface area contributed by atoms with Crippen LogP contribution in [0.15, 0.2) is 60.7 Å². The predicted octanol–water partition coefficient (Wildman–Crippen LogP) is 5.37. The summed E-state index contributed by atoms with van der Waals surface area (Å²) in [5.74, 6) is 0. The lowest BCUT2D eigenvalue weighted by molar-refractivity contribution is -0.632. The van der Waals surface area contributed by atoms with Gasteiger partial charge in [-0.2, -0.15) is 4.57 Å². The van der Waals surface area contributed by atoms with Crippen molar-refractivity contribution in [3.8, 4) is 11.3 Å². The topological polar surface area (TPSA) is 29.9 Å². The van der Waals surface area contributed by atoms with Gasteiger partial charge in [0.1, 0.15) is 7.05 Å². The van der Waals surface area contributed by atoms with Gasteiger partial charge in [0.05, 0.1) is 10.8 Å². The second-order valence-corrected chi connectivity index (χ2v) is 6.76. The lowest BCUT2D eigenvalue weighted by Crippen LogP contribution is -2.32. The Morgan fingerprint density at radius 3 is 2.25 bits per heavy atom. The molecule has 0 spiro atoms. The largest absolute Gasteiger partial charge is 0.399 e. The molecular weight excluding hydrogens is 339 g/mol. The van der Waals surface area contributed by atoms with E-state index in [1.54, 1.807) is 6.07 Å². The van der Waals surface area contributed by atoms with Crippen molar-refractivity contribution in [3.05, 3.63) is 70.7 Å². The molecule has 0 saturated heterocycles. The van der Waals surface area contributed by atoms with Gasteiger partial charge >= 0.3 is 0 Å². The summed E-state index contributed by atoms with van der Waals surface area (Å²) in [5.41, 5.74) is 9.94. The van der Waals surface area contributed by atoms with Crippen LogP contribution >= 0.6 is 23.2 Å². The fraction of sp³-hybridized carbons (Fsp3) is 0.0500. The minimum Gasteiger partial charge on any atom is -0.399 e. The minimum atomic E-state index is 0.614. The zero-order valence-electron chi connectivity index (χ0n) is 13.1. The number of hydrogen-bond donors (Lipinski definition) is 1. The summed E-state index contributed by atoms with van der Waals surface area (Å²) in [4.78, 5) is 0. The molecule has 4 rings (SSSR count). The van der Waals surface area contributed by atoms with Crippen LogP contribution in [0.5, 0.6) is 0 Å². The molecular formula is C20H15Cl2N2+. The summed E-state index contributed by atoms with van der Waals surface area (Å²) in [6, 6.07) is 19.9. The average Bonchev–Trinajstić information content (AvgIpc) is 2.54. The van der Waals surface area contributed by atoms with Gasteiger partial charge in [0.25, 0.3) is 0 Å². The van der Waals surface area contributed by atoms with Crippen molar-refractivity contribution in [1.29, 1.82) is 0 Å². The third-order valence-electron chi connectivity index (χ3n) is 4.33. The predicted molar refractivity (Wildman–Crippen MR) is 102 cm³/mol. The first kappa shape index (κ1) is 15.3. The molecule has 0 atom stereocenters. The molecule has 0 saturated carbocycles. The lowest BCUT2D eigenvalue weighted by atomic mass is 9.99. The highest BCUT2D eigenvalue weighted by molar-refractivity contribution is 6.35. The van der Waals surface area contributed by atoms with E-state index in [4.69, 9.17) is 28.9 Å². The van der Waals surface area contributed by atoms with Crippen LogP contribution in [0.4, 0.5) is 5.69 Å². The van der Waals surface area contributed by atoms with E-state index < -0.39 is 0 Å². The number of anilines is 1. The van der Waals surface area contributed by atoms with Crippen molar-refractivity contribution in [2.75, 3.05) is 5.73 Å². The third kappa shape index (κ3) is 2.39. The number of rotatable bonds is 1. The van der Waals surface area contributed by atoms with E-state index in [9.17, 15) is 0 Å². The van der Waals surface area contributed by atoms with Gasteiger partial charge in [-0.15, -0.1) is 0 Å². The quantitative estimate of drug-likeness (QED) is 0.278. The fourth-order valence-electron chi connectivity index (χ4n) is 3.33. The van der Waals surface area contributed by atoms with E-state index in [0.717, 1.165) is 33.2 Å². The number of aromatic nitrogens is 1. The highest BCUT2D eigenvalue weighted by Gasteiger charge is 2.21. The molecule has 2 nitrogen and oxygen atoms in total. The molecule has 0 unspecified atom stereocenters. The standard InChI is InChI=1S/C20H15Cl2N2/c1-24-19-5-3-2-4-17(19)16-7-6-15(23)11-18(16)20(24)12-8-13(21)10-14(22)9-12/h2-11H,23H2,1H3/q+1. The Morgan fingerprint density at radius 1 is 0.792 bits per heavy atom. The molecule has 0 bridgehead atoms. The van der Waals surface area contributed by atoms with Crippen molar-refractivity contribution in [3.63, 3.8) is 0 Å². The third-order valence-corrected chi connectivity index (χ3v) is 4.76. The van der Waals surface area contributed by atoms with Gasteiger partial charge in [-0.25, -0.2) is 0 Å². The average molecular weight is 354 g/mol. The molecule has 24 heavy (non-hydrogen) atoms. The molecule has 0 fully saturated rings. The first-order valence-electron chi connectivity index (χ1n) is 7.61. The summed E-state index contributed by atoms with van der Waals surface area (Å²) < 4.78 is 2.17. The molecule has 118 valence electrons. The monoisotopic (exact) mass is 353 g/mol. The van der Waals surface area contributed by atoms with Gasteiger partial charge in [0.15, 0.2) is 0 Å². The van der Waals surface area contributed by atoms with E-state index >= 15 is 0 Å². The number of halogens is 2. The number of nitrogens with two attached hydrogens (primary N) is 1. The van der Waals surface area contributed by atoms with Crippen LogP contribution in [0.1, 0.15) is 0 Å². The van der Waals surface area contributed by atoms with Crippen LogP contribution in [0.3, 0.4) is 0 Å². The molecule has 0 aliphatic heterocycles. The Balaban J connectivity index is 2.24. The van der Waals surface area contributed by atoms with E-state index in [1.165, 1.54) is 5.39 Å². The number of nitrogen functional groups attached to an aromatic ring is 1. The normalized spacial score (nSPS) is 11.3. The summed E-state index contributed by atoms with van der Waals surface area (Å²) >= 11 is 12.5. The maximum absolute atomic E-state index is 6.23. The Labute approximate surface area is 150 Å². The van der Waals surface area contributed by atoms with E-state index in [1.807, 2.05) is 36.4 Å². The minimum absolute atomic E-state index is 0.614. The van der Waals surface area contributed by atoms with Crippen LogP contribution in [-0.2, 0) is 7.05 Å². The van der Waals surface area contributed by atoms with Crippen molar-refractivity contribution in [2.45, 2.75) is 0 Å². The van der Waals surface area contributed by atoms with Crippen LogP contribution < -0.4 is 10.3 Å². The zero-order valence-corrected chi connectivity index (χ0v) is 14.6. The van der Waals surface area contributed by atoms with Crippen LogP contribution in [-0.4, -0.2) is 0 Å². The van der Waals surface area contributed by atoms with Gasteiger partial charge in [-0.3, -0.25) is 0 Å². The summed E-state index contributed by atoms with van der Waals surface area (Å²) in [6.45, 7) is 0. The number of fused-ring (bicyclic) bond motifs is 3. The fourth-order valence-corrected chi connectivity index (χ4v) is 3.85. The Morgan fingerprint density at radius 2 is 1.50 bits per heavy atom. The lowest BCUT2D eigenvalue weighted by Gasteiger charge is -2.10. The maximum Gasteiger partial charge on any atom is 0.220 e. The van der Waals surface area contributed by atoms with Gasteiger partial charge < -0.3 is 5.73 Å². The van der Waals surface area contributed by atoms with E-state index in [-0.39, 0.29) is 0 Å². The van der Waals surface area contributed by atoms with Crippen molar-refractivity contribution >= 4 is 50.6 Å². The van der Waals surface area contributed by atoms with E-state index in [2.05, 4.69) is 29.8 Å². The Hall–Kier alpha value is -2.29. The summed E-state index contributed by atoms with van der Waals surface area (Å²) in [5, 5.41) is 4.65. The summed E-state index contributed by atoms with van der Waals surface area (Å²) in [6.07, 6.45) is 0. The highest BCUT2D eigenvalue weighted by atomic mass is 35.5. The van der Waals surface area contributed by atoms with E-state index in [0.29, 0.717) is 10.0 Å². The molecule has 2 N–H and O–H groups in total. The Kier molecular flexibility index (Phi) is 3.60. The second kappa shape index (κ2) is 5.66. The molecule has 4 heteroatoms. The van der Waals surface area contributed by atoms with Crippen LogP contribution in [0.2, 0.25) is 10.0 Å². The first-order valence-corrected chi connectivity index (χ1v) is 8.36. The first-order chi connectivity index (χ1) is 11.5. The van der Waals surface area contributed by atoms with Gasteiger partial charge in [0, 0.05) is 32.7 Å². The molecule has 1 aromatic heterocycles. The summed E-state index contributed by atoms with van der Waals surface area (Å²) in [7, 11) is 2.05. The number of aryl methyl sites for hydroxylation is 1. The van der Waals surface area contributed by atoms with Crippen molar-refractivity contribution < 1.29 is 4.57 Å². The maximum atomic E-state index is 6.23. The highest BCUT2D eigenvalue weighted by Crippen LogP contribution is 2.34. The zero-order chi connectivity index (χ0) is 16.8. The second-order valence-electron chi connectivity index (χ2n) is 5.89. The molecule has 1 heterocycles. The number of benzene rings is 3. The molecule has 0 amide bonds. The van der Waals surface area contributed by atoms with Gasteiger partial charge in [-0.1, -0.05) is 41.4 Å². The molecule has 0 aliphatic rings. The van der Waals surface area contributed by atoms with Crippen molar-refractivity contribution in [1.82, 2.24) is 0 Å². The smallest absolute Gasteiger partial charge is 0.220 e.